The molecule has 1 saturated heterocycles. The van der Waals surface area contributed by atoms with Crippen LogP contribution < -0.4 is 14.4 Å². The SMILES string of the molecule is COc1ccc(C2=NO[C@H]3C(=O)N(c4ccc(Cl)cc4)C(=O)[C@H]23)c(OC)c1. The van der Waals surface area contributed by atoms with Gasteiger partial charge in [-0.25, -0.2) is 4.90 Å². The molecule has 0 aromatic heterocycles. The molecule has 0 radical (unpaired) electrons. The number of hydrogen-bond donors (Lipinski definition) is 0. The highest BCUT2D eigenvalue weighted by molar-refractivity contribution is 6.33. The predicted octanol–water partition coefficient (Wildman–Crippen LogP) is 2.65. The zero-order valence-electron chi connectivity index (χ0n) is 14.5. The Kier molecular flexibility index (Phi) is 4.24. The van der Waals surface area contributed by atoms with E-state index in [0.29, 0.717) is 33.5 Å². The summed E-state index contributed by atoms with van der Waals surface area (Å²) >= 11 is 5.89. The Balaban J connectivity index is 1.71. The number of fused-ring (bicyclic) bond motifs is 1. The van der Waals surface area contributed by atoms with Crippen molar-refractivity contribution in [1.82, 2.24) is 0 Å². The third-order valence-electron chi connectivity index (χ3n) is 4.58. The molecule has 2 aromatic rings. The molecular weight excluding hydrogens is 372 g/mol. The normalized spacial score (nSPS) is 21.0. The van der Waals surface area contributed by atoms with E-state index in [2.05, 4.69) is 5.16 Å². The third-order valence-corrected chi connectivity index (χ3v) is 4.83. The average molecular weight is 387 g/mol. The number of imide groups is 1. The van der Waals surface area contributed by atoms with E-state index in [4.69, 9.17) is 25.9 Å². The van der Waals surface area contributed by atoms with Crippen molar-refractivity contribution >= 4 is 34.8 Å². The van der Waals surface area contributed by atoms with Crippen molar-refractivity contribution in [2.45, 2.75) is 6.10 Å². The number of carbonyl (C=O) groups is 2. The molecule has 27 heavy (non-hydrogen) atoms. The second kappa shape index (κ2) is 6.59. The van der Waals surface area contributed by atoms with Crippen LogP contribution in [0.3, 0.4) is 0 Å². The van der Waals surface area contributed by atoms with Crippen molar-refractivity contribution in [3.05, 3.63) is 53.1 Å². The van der Waals surface area contributed by atoms with Crippen LogP contribution in [-0.4, -0.2) is 37.8 Å². The maximum absolute atomic E-state index is 13.0. The number of ether oxygens (including phenoxy) is 2. The molecule has 2 amide bonds. The zero-order valence-corrected chi connectivity index (χ0v) is 15.3. The molecule has 4 rings (SSSR count). The Morgan fingerprint density at radius 2 is 1.78 bits per heavy atom. The van der Waals surface area contributed by atoms with Gasteiger partial charge in [0.15, 0.2) is 0 Å². The minimum atomic E-state index is -0.991. The standard InChI is InChI=1S/C19H15ClN2O5/c1-25-12-7-8-13(14(9-12)26-2)16-15-17(27-21-16)19(24)22(18(15)23)11-5-3-10(20)4-6-11/h3-9,15,17H,1-2H3/t15-,17-/m1/s1. The van der Waals surface area contributed by atoms with Crippen LogP contribution in [0.5, 0.6) is 11.5 Å². The minimum absolute atomic E-state index is 0.356. The lowest BCUT2D eigenvalue weighted by Crippen LogP contribution is -2.33. The second-order valence-corrected chi connectivity index (χ2v) is 6.47. The van der Waals surface area contributed by atoms with Gasteiger partial charge in [0.1, 0.15) is 23.1 Å². The smallest absolute Gasteiger partial charge is 0.278 e. The fourth-order valence-corrected chi connectivity index (χ4v) is 3.38. The van der Waals surface area contributed by atoms with Crippen LogP contribution in [0.2, 0.25) is 5.02 Å². The number of benzene rings is 2. The number of anilines is 1. The van der Waals surface area contributed by atoms with E-state index in [1.165, 1.54) is 7.11 Å². The van der Waals surface area contributed by atoms with E-state index in [0.717, 1.165) is 4.90 Å². The molecule has 138 valence electrons. The highest BCUT2D eigenvalue weighted by Gasteiger charge is 2.56. The number of amides is 2. The van der Waals surface area contributed by atoms with Crippen LogP contribution in [0.4, 0.5) is 5.69 Å². The summed E-state index contributed by atoms with van der Waals surface area (Å²) in [6.45, 7) is 0. The van der Waals surface area contributed by atoms with Crippen molar-refractivity contribution in [1.29, 1.82) is 0 Å². The van der Waals surface area contributed by atoms with Gasteiger partial charge in [0.2, 0.25) is 12.0 Å². The molecule has 2 heterocycles. The van der Waals surface area contributed by atoms with Crippen molar-refractivity contribution in [3.8, 4) is 11.5 Å². The average Bonchev–Trinajstić information content (AvgIpc) is 3.22. The number of carbonyl (C=O) groups excluding carboxylic acids is 2. The maximum Gasteiger partial charge on any atom is 0.278 e. The quantitative estimate of drug-likeness (QED) is 0.755. The summed E-state index contributed by atoms with van der Waals surface area (Å²) in [4.78, 5) is 32.2. The van der Waals surface area contributed by atoms with E-state index in [-0.39, 0.29) is 0 Å². The Hall–Kier alpha value is -3.06. The van der Waals surface area contributed by atoms with Gasteiger partial charge in [-0.3, -0.25) is 9.59 Å². The molecular formula is C19H15ClN2O5. The largest absolute Gasteiger partial charge is 0.497 e. The van der Waals surface area contributed by atoms with Crippen LogP contribution >= 0.6 is 11.6 Å². The van der Waals surface area contributed by atoms with Crippen LogP contribution in [0.15, 0.2) is 47.6 Å². The lowest BCUT2D eigenvalue weighted by atomic mass is 9.93. The molecule has 0 saturated carbocycles. The number of halogens is 1. The van der Waals surface area contributed by atoms with Gasteiger partial charge in [0.25, 0.3) is 5.91 Å². The van der Waals surface area contributed by atoms with Crippen molar-refractivity contribution in [2.75, 3.05) is 19.1 Å². The topological polar surface area (TPSA) is 77.4 Å². The first-order valence-corrected chi connectivity index (χ1v) is 8.52. The van der Waals surface area contributed by atoms with Crippen LogP contribution in [0.1, 0.15) is 5.56 Å². The number of hydrogen-bond acceptors (Lipinski definition) is 6. The molecule has 8 heteroatoms. The van der Waals surface area contributed by atoms with Crippen LogP contribution in [0.25, 0.3) is 0 Å². The molecule has 2 atom stereocenters. The molecule has 0 bridgehead atoms. The predicted molar refractivity (Wildman–Crippen MR) is 98.4 cm³/mol. The van der Waals surface area contributed by atoms with Crippen molar-refractivity contribution in [2.24, 2.45) is 11.1 Å². The molecule has 2 aliphatic rings. The Bertz CT molecular complexity index is 957. The van der Waals surface area contributed by atoms with Crippen molar-refractivity contribution < 1.29 is 23.9 Å². The summed E-state index contributed by atoms with van der Waals surface area (Å²) in [5.41, 5.74) is 1.37. The fraction of sp³-hybridized carbons (Fsp3) is 0.211. The molecule has 2 aliphatic heterocycles. The summed E-state index contributed by atoms with van der Waals surface area (Å²) in [5, 5.41) is 4.52. The number of methoxy groups -OCH3 is 2. The molecule has 2 aromatic carbocycles. The molecule has 0 N–H and O–H groups in total. The first kappa shape index (κ1) is 17.4. The van der Waals surface area contributed by atoms with E-state index in [1.807, 2.05) is 0 Å². The van der Waals surface area contributed by atoms with Crippen LogP contribution in [-0.2, 0) is 14.4 Å². The van der Waals surface area contributed by atoms with Crippen molar-refractivity contribution in [3.63, 3.8) is 0 Å². The van der Waals surface area contributed by atoms with Gasteiger partial charge in [-0.05, 0) is 36.4 Å². The molecule has 1 fully saturated rings. The zero-order chi connectivity index (χ0) is 19.1. The van der Waals surface area contributed by atoms with E-state index in [9.17, 15) is 9.59 Å². The fourth-order valence-electron chi connectivity index (χ4n) is 3.26. The highest BCUT2D eigenvalue weighted by Crippen LogP contribution is 2.38. The Morgan fingerprint density at radius 1 is 1.04 bits per heavy atom. The van der Waals surface area contributed by atoms with E-state index >= 15 is 0 Å². The van der Waals surface area contributed by atoms with Gasteiger partial charge in [-0.2, -0.15) is 0 Å². The lowest BCUT2D eigenvalue weighted by Gasteiger charge is -2.16. The third kappa shape index (κ3) is 2.71. The monoisotopic (exact) mass is 386 g/mol. The van der Waals surface area contributed by atoms with Gasteiger partial charge < -0.3 is 14.3 Å². The Labute approximate surface area is 160 Å². The second-order valence-electron chi connectivity index (χ2n) is 6.03. The van der Waals surface area contributed by atoms with Gasteiger partial charge in [0, 0.05) is 16.7 Å². The molecule has 0 spiro atoms. The van der Waals surface area contributed by atoms with Crippen LogP contribution in [0, 0.1) is 5.92 Å². The summed E-state index contributed by atoms with van der Waals surface area (Å²) in [6.07, 6.45) is -0.991. The minimum Gasteiger partial charge on any atom is -0.497 e. The first-order chi connectivity index (χ1) is 13.0. The van der Waals surface area contributed by atoms with Gasteiger partial charge >= 0.3 is 0 Å². The molecule has 0 unspecified atom stereocenters. The summed E-state index contributed by atoms with van der Waals surface area (Å²) in [6, 6.07) is 11.6. The first-order valence-electron chi connectivity index (χ1n) is 8.14. The number of oxime groups is 1. The number of nitrogens with zero attached hydrogens (tertiary/aromatic N) is 2. The highest BCUT2D eigenvalue weighted by atomic mass is 35.5. The Morgan fingerprint density at radius 3 is 2.44 bits per heavy atom. The van der Waals surface area contributed by atoms with E-state index < -0.39 is 23.8 Å². The van der Waals surface area contributed by atoms with Gasteiger partial charge in [-0.1, -0.05) is 16.8 Å². The maximum atomic E-state index is 13.0. The molecule has 0 aliphatic carbocycles. The van der Waals surface area contributed by atoms with Gasteiger partial charge in [-0.15, -0.1) is 0 Å². The summed E-state index contributed by atoms with van der Waals surface area (Å²) in [7, 11) is 3.05. The molecule has 7 nitrogen and oxygen atoms in total. The summed E-state index contributed by atoms with van der Waals surface area (Å²) in [5.74, 6) is -0.624. The summed E-state index contributed by atoms with van der Waals surface area (Å²) < 4.78 is 10.6. The van der Waals surface area contributed by atoms with Gasteiger partial charge in [0.05, 0.1) is 19.9 Å². The lowest BCUT2D eigenvalue weighted by molar-refractivity contribution is -0.126. The van der Waals surface area contributed by atoms with E-state index in [1.54, 1.807) is 49.6 Å². The number of rotatable bonds is 4.